The number of H-pyrrole nitrogens is 1. The summed E-state index contributed by atoms with van der Waals surface area (Å²) in [5.41, 5.74) is 2.82. The molecule has 1 atom stereocenters. The third kappa shape index (κ3) is 2.20. The number of aromatic nitrogens is 2. The van der Waals surface area contributed by atoms with Gasteiger partial charge in [0.1, 0.15) is 0 Å². The number of rotatable bonds is 3. The van der Waals surface area contributed by atoms with E-state index in [1.165, 1.54) is 0 Å². The van der Waals surface area contributed by atoms with Crippen LogP contribution < -0.4 is 10.2 Å². The second-order valence-electron chi connectivity index (χ2n) is 4.52. The van der Waals surface area contributed by atoms with Crippen LogP contribution in [0.25, 0.3) is 0 Å². The molecule has 5 nitrogen and oxygen atoms in total. The fraction of sp³-hybridized carbons (Fsp3) is 0.667. The van der Waals surface area contributed by atoms with Crippen molar-refractivity contribution < 1.29 is 4.79 Å². The van der Waals surface area contributed by atoms with E-state index in [4.69, 9.17) is 0 Å². The van der Waals surface area contributed by atoms with Gasteiger partial charge in [-0.3, -0.25) is 9.89 Å². The fourth-order valence-corrected chi connectivity index (χ4v) is 2.48. The molecule has 0 aliphatic carbocycles. The summed E-state index contributed by atoms with van der Waals surface area (Å²) in [7, 11) is 0. The molecule has 1 aliphatic heterocycles. The quantitative estimate of drug-likeness (QED) is 0.827. The lowest BCUT2D eigenvalue weighted by atomic mass is 10.0. The second kappa shape index (κ2) is 4.87. The van der Waals surface area contributed by atoms with Crippen LogP contribution in [0.4, 0.5) is 5.69 Å². The van der Waals surface area contributed by atoms with E-state index in [9.17, 15) is 4.79 Å². The van der Waals surface area contributed by atoms with Crippen molar-refractivity contribution in [2.45, 2.75) is 39.7 Å². The Labute approximate surface area is 102 Å². The van der Waals surface area contributed by atoms with Gasteiger partial charge in [-0.05, 0) is 33.2 Å². The van der Waals surface area contributed by atoms with Crippen molar-refractivity contribution in [3.8, 4) is 0 Å². The van der Waals surface area contributed by atoms with Crippen molar-refractivity contribution in [2.24, 2.45) is 0 Å². The van der Waals surface area contributed by atoms with E-state index in [1.54, 1.807) is 0 Å². The minimum atomic E-state index is -0.0394. The average molecular weight is 236 g/mol. The zero-order valence-corrected chi connectivity index (χ0v) is 10.7. The number of aryl methyl sites for hydroxylation is 2. The molecule has 2 heterocycles. The average Bonchev–Trinajstić information content (AvgIpc) is 2.63. The van der Waals surface area contributed by atoms with Crippen LogP contribution in [0.3, 0.4) is 0 Å². The standard InChI is InChI=1S/C12H20N4O/c1-4-13-10-6-5-7-16(12(10)17)11-8(2)14-15-9(11)3/h10,13H,4-7H2,1-3H3,(H,14,15). The molecule has 1 aromatic heterocycles. The van der Waals surface area contributed by atoms with E-state index in [0.29, 0.717) is 0 Å². The number of anilines is 1. The molecule has 0 spiro atoms. The van der Waals surface area contributed by atoms with Crippen molar-refractivity contribution in [1.29, 1.82) is 0 Å². The van der Waals surface area contributed by atoms with Crippen LogP contribution in [0.15, 0.2) is 0 Å². The van der Waals surface area contributed by atoms with Gasteiger partial charge in [-0.1, -0.05) is 6.92 Å². The highest BCUT2D eigenvalue weighted by molar-refractivity contribution is 5.98. The summed E-state index contributed by atoms with van der Waals surface area (Å²) in [4.78, 5) is 14.2. The Hall–Kier alpha value is -1.36. The first-order chi connectivity index (χ1) is 8.15. The van der Waals surface area contributed by atoms with Gasteiger partial charge in [-0.15, -0.1) is 0 Å². The Balaban J connectivity index is 2.24. The number of carbonyl (C=O) groups is 1. The summed E-state index contributed by atoms with van der Waals surface area (Å²) >= 11 is 0. The topological polar surface area (TPSA) is 61.0 Å². The number of hydrogen-bond acceptors (Lipinski definition) is 3. The summed E-state index contributed by atoms with van der Waals surface area (Å²) in [5.74, 6) is 0.172. The van der Waals surface area contributed by atoms with Gasteiger partial charge in [0.15, 0.2) is 0 Å². The summed E-state index contributed by atoms with van der Waals surface area (Å²) in [5, 5.41) is 10.3. The van der Waals surface area contributed by atoms with Gasteiger partial charge in [0.2, 0.25) is 5.91 Å². The Morgan fingerprint density at radius 1 is 1.53 bits per heavy atom. The molecular formula is C12H20N4O. The third-order valence-corrected chi connectivity index (χ3v) is 3.25. The Bertz CT molecular complexity index is 391. The highest BCUT2D eigenvalue weighted by Crippen LogP contribution is 2.26. The number of carbonyl (C=O) groups excluding carboxylic acids is 1. The van der Waals surface area contributed by atoms with Gasteiger partial charge in [0, 0.05) is 6.54 Å². The van der Waals surface area contributed by atoms with Gasteiger partial charge in [-0.2, -0.15) is 5.10 Å². The van der Waals surface area contributed by atoms with Crippen molar-refractivity contribution in [3.63, 3.8) is 0 Å². The van der Waals surface area contributed by atoms with Crippen LogP contribution in [0.1, 0.15) is 31.2 Å². The lowest BCUT2D eigenvalue weighted by Crippen LogP contribution is -2.51. The number of amides is 1. The van der Waals surface area contributed by atoms with Crippen molar-refractivity contribution in [3.05, 3.63) is 11.4 Å². The molecule has 0 saturated carbocycles. The minimum Gasteiger partial charge on any atom is -0.308 e. The van der Waals surface area contributed by atoms with Gasteiger partial charge < -0.3 is 10.2 Å². The molecular weight excluding hydrogens is 216 g/mol. The second-order valence-corrected chi connectivity index (χ2v) is 4.52. The monoisotopic (exact) mass is 236 g/mol. The van der Waals surface area contributed by atoms with Crippen LogP contribution in [-0.2, 0) is 4.79 Å². The predicted octanol–water partition coefficient (Wildman–Crippen LogP) is 1.13. The van der Waals surface area contributed by atoms with E-state index in [1.807, 2.05) is 25.7 Å². The highest BCUT2D eigenvalue weighted by Gasteiger charge is 2.31. The van der Waals surface area contributed by atoms with E-state index >= 15 is 0 Å². The van der Waals surface area contributed by atoms with Gasteiger partial charge in [-0.25, -0.2) is 0 Å². The molecule has 0 bridgehead atoms. The molecule has 2 rings (SSSR count). The highest BCUT2D eigenvalue weighted by atomic mass is 16.2. The molecule has 1 amide bonds. The number of hydrogen-bond donors (Lipinski definition) is 2. The lowest BCUT2D eigenvalue weighted by Gasteiger charge is -2.32. The molecule has 5 heteroatoms. The number of piperidine rings is 1. The first-order valence-corrected chi connectivity index (χ1v) is 6.21. The smallest absolute Gasteiger partial charge is 0.244 e. The molecule has 1 unspecified atom stereocenters. The summed E-state index contributed by atoms with van der Waals surface area (Å²) in [6, 6.07) is -0.0394. The summed E-state index contributed by atoms with van der Waals surface area (Å²) in [6.45, 7) is 7.54. The number of likely N-dealkylation sites (N-methyl/N-ethyl adjacent to an activating group) is 1. The maximum absolute atomic E-state index is 12.3. The summed E-state index contributed by atoms with van der Waals surface area (Å²) in [6.07, 6.45) is 1.96. The summed E-state index contributed by atoms with van der Waals surface area (Å²) < 4.78 is 0. The van der Waals surface area contributed by atoms with Crippen molar-refractivity contribution in [1.82, 2.24) is 15.5 Å². The van der Waals surface area contributed by atoms with Gasteiger partial charge >= 0.3 is 0 Å². The van der Waals surface area contributed by atoms with E-state index < -0.39 is 0 Å². The van der Waals surface area contributed by atoms with Crippen LogP contribution in [-0.4, -0.2) is 35.2 Å². The molecule has 1 aliphatic rings. The van der Waals surface area contributed by atoms with Crippen LogP contribution >= 0.6 is 0 Å². The maximum Gasteiger partial charge on any atom is 0.244 e. The third-order valence-electron chi connectivity index (χ3n) is 3.25. The SMILES string of the molecule is CCNC1CCCN(c2c(C)n[nH]c2C)C1=O. The van der Waals surface area contributed by atoms with Crippen molar-refractivity contribution in [2.75, 3.05) is 18.0 Å². The first-order valence-electron chi connectivity index (χ1n) is 6.21. The van der Waals surface area contributed by atoms with E-state index in [-0.39, 0.29) is 11.9 Å². The number of nitrogens with one attached hydrogen (secondary N) is 2. The van der Waals surface area contributed by atoms with Gasteiger partial charge in [0.25, 0.3) is 0 Å². The Morgan fingerprint density at radius 2 is 2.29 bits per heavy atom. The molecule has 0 aromatic carbocycles. The maximum atomic E-state index is 12.3. The van der Waals surface area contributed by atoms with Crippen molar-refractivity contribution >= 4 is 11.6 Å². The largest absolute Gasteiger partial charge is 0.308 e. The molecule has 1 saturated heterocycles. The van der Waals surface area contributed by atoms with E-state index in [2.05, 4.69) is 15.5 Å². The zero-order chi connectivity index (χ0) is 12.4. The molecule has 1 aromatic rings. The Morgan fingerprint density at radius 3 is 2.88 bits per heavy atom. The lowest BCUT2D eigenvalue weighted by molar-refractivity contribution is -0.121. The fourth-order valence-electron chi connectivity index (χ4n) is 2.48. The first kappa shape index (κ1) is 12.1. The predicted molar refractivity (Wildman–Crippen MR) is 67.1 cm³/mol. The minimum absolute atomic E-state index is 0.0394. The van der Waals surface area contributed by atoms with E-state index in [0.717, 1.165) is 43.0 Å². The van der Waals surface area contributed by atoms with Crippen LogP contribution in [0, 0.1) is 13.8 Å². The molecule has 94 valence electrons. The van der Waals surface area contributed by atoms with Crippen LogP contribution in [0.2, 0.25) is 0 Å². The Kier molecular flexibility index (Phi) is 3.47. The molecule has 17 heavy (non-hydrogen) atoms. The van der Waals surface area contributed by atoms with Gasteiger partial charge in [0.05, 0.1) is 23.1 Å². The molecule has 1 fully saturated rings. The number of nitrogens with zero attached hydrogens (tertiary/aromatic N) is 2. The normalized spacial score (nSPS) is 21.0. The molecule has 2 N–H and O–H groups in total. The van der Waals surface area contributed by atoms with Crippen LogP contribution in [0.5, 0.6) is 0 Å². The number of aromatic amines is 1. The molecule has 0 radical (unpaired) electrons. The zero-order valence-electron chi connectivity index (χ0n) is 10.7.